The lowest BCUT2D eigenvalue weighted by atomic mass is 9.84. The Morgan fingerprint density at radius 2 is 2.15 bits per heavy atom. The van der Waals surface area contributed by atoms with Crippen LogP contribution in [0.2, 0.25) is 0 Å². The smallest absolute Gasteiger partial charge is 0.256 e. The maximum atomic E-state index is 13.1. The molecular formula is C20H18N4O3. The zero-order chi connectivity index (χ0) is 18.9. The second-order valence-corrected chi connectivity index (χ2v) is 7.12. The number of nitrogens with two attached hydrogens (primary N) is 1. The van der Waals surface area contributed by atoms with Gasteiger partial charge < -0.3 is 20.7 Å². The third-order valence-corrected chi connectivity index (χ3v) is 5.70. The summed E-state index contributed by atoms with van der Waals surface area (Å²) in [6.07, 6.45) is 0.184. The predicted octanol–water partition coefficient (Wildman–Crippen LogP) is 1.23. The molecule has 5 rings (SSSR count). The number of pyridine rings is 2. The van der Waals surface area contributed by atoms with E-state index in [-0.39, 0.29) is 18.5 Å². The van der Waals surface area contributed by atoms with Gasteiger partial charge in [-0.3, -0.25) is 9.59 Å². The van der Waals surface area contributed by atoms with Crippen molar-refractivity contribution in [3.63, 3.8) is 0 Å². The fourth-order valence-corrected chi connectivity index (χ4v) is 4.14. The second-order valence-electron chi connectivity index (χ2n) is 7.12. The highest BCUT2D eigenvalue weighted by Crippen LogP contribution is 2.37. The number of fused-ring (bicyclic) bond motifs is 5. The van der Waals surface area contributed by atoms with E-state index in [0.717, 1.165) is 16.5 Å². The third-order valence-electron chi connectivity index (χ3n) is 5.70. The van der Waals surface area contributed by atoms with Gasteiger partial charge in [-0.25, -0.2) is 4.98 Å². The Balaban J connectivity index is 1.81. The maximum absolute atomic E-state index is 13.1. The molecule has 0 bridgehead atoms. The van der Waals surface area contributed by atoms with E-state index in [4.69, 9.17) is 10.7 Å². The molecule has 0 radical (unpaired) electrons. The number of amides is 1. The normalized spacial score (nSPS) is 20.1. The molecule has 0 saturated carbocycles. The molecule has 1 atom stereocenters. The van der Waals surface area contributed by atoms with Gasteiger partial charge in [0.1, 0.15) is 0 Å². The third kappa shape index (κ3) is 1.97. The van der Waals surface area contributed by atoms with Crippen molar-refractivity contribution < 1.29 is 9.90 Å². The Morgan fingerprint density at radius 1 is 1.33 bits per heavy atom. The highest BCUT2D eigenvalue weighted by Gasteiger charge is 2.43. The molecule has 0 unspecified atom stereocenters. The van der Waals surface area contributed by atoms with Crippen LogP contribution in [0.15, 0.2) is 35.1 Å². The van der Waals surface area contributed by atoms with E-state index in [0.29, 0.717) is 34.7 Å². The Hall–Kier alpha value is -3.19. The Kier molecular flexibility index (Phi) is 3.07. The summed E-state index contributed by atoms with van der Waals surface area (Å²) in [4.78, 5) is 30.1. The molecule has 2 aliphatic rings. The highest BCUT2D eigenvalue weighted by molar-refractivity contribution is 5.93. The number of nitrogens with one attached hydrogen (secondary N) is 1. The SMILES string of the molecule is CC[C@@]1(O)C(=O)NCc2c1cc1n(c2=O)Cc2cc3c(N)cccc3nc2-1. The van der Waals surface area contributed by atoms with Gasteiger partial charge in [0.15, 0.2) is 5.60 Å². The van der Waals surface area contributed by atoms with Crippen LogP contribution in [0.5, 0.6) is 0 Å². The van der Waals surface area contributed by atoms with Gasteiger partial charge in [-0.2, -0.15) is 0 Å². The first-order chi connectivity index (χ1) is 12.9. The molecular weight excluding hydrogens is 344 g/mol. The number of anilines is 1. The minimum Gasteiger partial charge on any atom is -0.398 e. The van der Waals surface area contributed by atoms with Gasteiger partial charge in [0.05, 0.1) is 23.4 Å². The molecule has 4 N–H and O–H groups in total. The first-order valence-electron chi connectivity index (χ1n) is 8.90. The highest BCUT2D eigenvalue weighted by atomic mass is 16.3. The number of rotatable bonds is 1. The largest absolute Gasteiger partial charge is 0.398 e. The number of nitrogen functional groups attached to an aromatic ring is 1. The van der Waals surface area contributed by atoms with Gasteiger partial charge in [0, 0.05) is 34.3 Å². The number of hydrogen-bond acceptors (Lipinski definition) is 5. The Labute approximate surface area is 154 Å². The zero-order valence-electron chi connectivity index (χ0n) is 14.7. The van der Waals surface area contributed by atoms with Crippen molar-refractivity contribution in [2.75, 3.05) is 5.73 Å². The van der Waals surface area contributed by atoms with Crippen molar-refractivity contribution >= 4 is 22.5 Å². The summed E-state index contributed by atoms with van der Waals surface area (Å²) in [5, 5.41) is 14.4. The van der Waals surface area contributed by atoms with Crippen molar-refractivity contribution in [1.82, 2.24) is 14.9 Å². The second kappa shape index (κ2) is 5.17. The summed E-state index contributed by atoms with van der Waals surface area (Å²) in [5.41, 5.74) is 8.58. The molecule has 4 heterocycles. The van der Waals surface area contributed by atoms with Crippen LogP contribution in [0.1, 0.15) is 30.0 Å². The standard InChI is InChI=1S/C20H18N4O3/c1-2-20(27)13-7-16-17-10(6-11-14(21)4-3-5-15(11)23-17)9-24(16)18(25)12(13)8-22-19(20)26/h3-7,27H,2,8-9,21H2,1H3,(H,22,26)/t20-/m0/s1. The maximum Gasteiger partial charge on any atom is 0.256 e. The number of hydrogen-bond donors (Lipinski definition) is 3. The number of nitrogens with zero attached hydrogens (tertiary/aromatic N) is 2. The summed E-state index contributed by atoms with van der Waals surface area (Å²) in [6, 6.07) is 9.25. The molecule has 1 amide bonds. The molecule has 7 heteroatoms. The van der Waals surface area contributed by atoms with Crippen LogP contribution in [0.4, 0.5) is 5.69 Å². The van der Waals surface area contributed by atoms with E-state index in [9.17, 15) is 14.7 Å². The van der Waals surface area contributed by atoms with E-state index in [1.807, 2.05) is 24.3 Å². The number of carbonyl (C=O) groups excluding carboxylic acids is 1. The Morgan fingerprint density at radius 3 is 2.93 bits per heavy atom. The lowest BCUT2D eigenvalue weighted by Crippen LogP contribution is -2.50. The summed E-state index contributed by atoms with van der Waals surface area (Å²) in [7, 11) is 0. The molecule has 27 heavy (non-hydrogen) atoms. The van der Waals surface area contributed by atoms with Gasteiger partial charge >= 0.3 is 0 Å². The van der Waals surface area contributed by atoms with Crippen molar-refractivity contribution in [2.45, 2.75) is 32.0 Å². The van der Waals surface area contributed by atoms with Gasteiger partial charge in [-0.1, -0.05) is 13.0 Å². The van der Waals surface area contributed by atoms with E-state index in [1.165, 1.54) is 0 Å². The molecule has 2 aromatic heterocycles. The fourth-order valence-electron chi connectivity index (χ4n) is 4.14. The number of carbonyl (C=O) groups is 1. The van der Waals surface area contributed by atoms with Crippen molar-refractivity contribution in [2.24, 2.45) is 0 Å². The van der Waals surface area contributed by atoms with Gasteiger partial charge in [-0.05, 0) is 30.7 Å². The average Bonchev–Trinajstić information content (AvgIpc) is 3.02. The molecule has 136 valence electrons. The summed E-state index contributed by atoms with van der Waals surface area (Å²) in [6.45, 7) is 2.24. The van der Waals surface area contributed by atoms with Crippen LogP contribution in [-0.4, -0.2) is 20.6 Å². The van der Waals surface area contributed by atoms with Crippen LogP contribution in [0.3, 0.4) is 0 Å². The fraction of sp³-hybridized carbons (Fsp3) is 0.250. The lowest BCUT2D eigenvalue weighted by Gasteiger charge is -2.32. The molecule has 3 aromatic rings. The van der Waals surface area contributed by atoms with Gasteiger partial charge in [0.25, 0.3) is 11.5 Å². The Bertz CT molecular complexity index is 1210. The van der Waals surface area contributed by atoms with Gasteiger partial charge in [-0.15, -0.1) is 0 Å². The van der Waals surface area contributed by atoms with Crippen LogP contribution in [-0.2, 0) is 23.5 Å². The summed E-state index contributed by atoms with van der Waals surface area (Å²) < 4.78 is 1.65. The molecule has 2 aliphatic heterocycles. The average molecular weight is 362 g/mol. The monoisotopic (exact) mass is 362 g/mol. The van der Waals surface area contributed by atoms with Gasteiger partial charge in [0.2, 0.25) is 0 Å². The summed E-state index contributed by atoms with van der Waals surface area (Å²) >= 11 is 0. The number of aromatic nitrogens is 2. The molecule has 1 aromatic carbocycles. The van der Waals surface area contributed by atoms with E-state index < -0.39 is 11.5 Å². The van der Waals surface area contributed by atoms with Crippen molar-refractivity contribution in [1.29, 1.82) is 0 Å². The van der Waals surface area contributed by atoms with E-state index in [2.05, 4.69) is 5.32 Å². The minimum absolute atomic E-state index is 0.119. The number of benzene rings is 1. The summed E-state index contributed by atoms with van der Waals surface area (Å²) in [5.74, 6) is -0.473. The first-order valence-corrected chi connectivity index (χ1v) is 8.90. The molecule has 0 saturated heterocycles. The van der Waals surface area contributed by atoms with Crippen LogP contribution in [0, 0.1) is 0 Å². The van der Waals surface area contributed by atoms with Crippen molar-refractivity contribution in [3.05, 3.63) is 57.4 Å². The first kappa shape index (κ1) is 16.0. The predicted molar refractivity (Wildman–Crippen MR) is 101 cm³/mol. The van der Waals surface area contributed by atoms with Crippen LogP contribution < -0.4 is 16.6 Å². The van der Waals surface area contributed by atoms with Crippen LogP contribution in [0.25, 0.3) is 22.3 Å². The molecule has 7 nitrogen and oxygen atoms in total. The van der Waals surface area contributed by atoms with E-state index >= 15 is 0 Å². The molecule has 0 fully saturated rings. The zero-order valence-corrected chi connectivity index (χ0v) is 14.7. The van der Waals surface area contributed by atoms with E-state index in [1.54, 1.807) is 17.6 Å². The molecule has 0 aliphatic carbocycles. The number of aliphatic hydroxyl groups is 1. The van der Waals surface area contributed by atoms with Crippen LogP contribution >= 0.6 is 0 Å². The van der Waals surface area contributed by atoms with Crippen molar-refractivity contribution in [3.8, 4) is 11.4 Å². The lowest BCUT2D eigenvalue weighted by molar-refractivity contribution is -0.142. The topological polar surface area (TPSA) is 110 Å². The molecule has 0 spiro atoms. The quantitative estimate of drug-likeness (QED) is 0.441. The minimum atomic E-state index is -1.70.